The summed E-state index contributed by atoms with van der Waals surface area (Å²) in [5, 5.41) is 0. The summed E-state index contributed by atoms with van der Waals surface area (Å²) in [6.45, 7) is 0.869. The smallest absolute Gasteiger partial charge is 0.374 e. The van der Waals surface area contributed by atoms with Crippen molar-refractivity contribution in [3.05, 3.63) is 107 Å². The van der Waals surface area contributed by atoms with Crippen LogP contribution >= 0.6 is 0 Å². The van der Waals surface area contributed by atoms with Crippen molar-refractivity contribution in [2.75, 3.05) is 26.9 Å². The minimum Gasteiger partial charge on any atom is -0.374 e. The molecule has 0 N–H and O–H groups in total. The Morgan fingerprint density at radius 3 is 2.33 bits per heavy atom. The highest BCUT2D eigenvalue weighted by Gasteiger charge is 2.57. The Morgan fingerprint density at radius 2 is 1.64 bits per heavy atom. The average Bonchev–Trinajstić information content (AvgIpc) is 3.21. The maximum Gasteiger partial charge on any atom is 0.416 e. The molecule has 0 radical (unpaired) electrons. The van der Waals surface area contributed by atoms with Gasteiger partial charge in [0.2, 0.25) is 0 Å². The van der Waals surface area contributed by atoms with Crippen molar-refractivity contribution in [3.63, 3.8) is 0 Å². The molecule has 3 aromatic carbocycles. The predicted octanol–water partition coefficient (Wildman–Crippen LogP) is 6.08. The Balaban J connectivity index is 1.57. The van der Waals surface area contributed by atoms with Gasteiger partial charge in [-0.05, 0) is 34.9 Å². The second kappa shape index (κ2) is 9.59. The van der Waals surface area contributed by atoms with Crippen molar-refractivity contribution < 1.29 is 31.8 Å². The van der Waals surface area contributed by atoms with Gasteiger partial charge in [-0.25, -0.2) is 4.39 Å². The highest BCUT2D eigenvalue weighted by Crippen LogP contribution is 2.50. The highest BCUT2D eigenvalue weighted by molar-refractivity contribution is 5.36. The van der Waals surface area contributed by atoms with Crippen LogP contribution in [0.4, 0.5) is 17.6 Å². The summed E-state index contributed by atoms with van der Waals surface area (Å²) in [6, 6.07) is 21.2. The van der Waals surface area contributed by atoms with E-state index in [9.17, 15) is 17.6 Å². The molecular weight excluding hydrogens is 474 g/mol. The molecule has 36 heavy (non-hydrogen) atoms. The first-order valence-corrected chi connectivity index (χ1v) is 11.8. The largest absolute Gasteiger partial charge is 0.416 e. The number of methoxy groups -OCH3 is 1. The van der Waals surface area contributed by atoms with Crippen LogP contribution in [0.25, 0.3) is 0 Å². The summed E-state index contributed by atoms with van der Waals surface area (Å²) in [7, 11) is 1.41. The normalized spacial score (nSPS) is 27.0. The molecule has 3 aromatic rings. The number of benzene rings is 3. The van der Waals surface area contributed by atoms with Crippen LogP contribution in [-0.2, 0) is 32.5 Å². The van der Waals surface area contributed by atoms with E-state index in [2.05, 4.69) is 4.90 Å². The highest BCUT2D eigenvalue weighted by atomic mass is 19.4. The van der Waals surface area contributed by atoms with Gasteiger partial charge in [-0.15, -0.1) is 0 Å². The van der Waals surface area contributed by atoms with E-state index >= 15 is 0 Å². The Bertz CT molecular complexity index is 1190. The van der Waals surface area contributed by atoms with Crippen molar-refractivity contribution in [3.8, 4) is 0 Å². The first kappa shape index (κ1) is 24.9. The van der Waals surface area contributed by atoms with Gasteiger partial charge >= 0.3 is 6.18 Å². The van der Waals surface area contributed by atoms with Crippen LogP contribution in [-0.4, -0.2) is 37.6 Å². The summed E-state index contributed by atoms with van der Waals surface area (Å²) >= 11 is 0. The molecule has 5 rings (SSSR count). The fourth-order valence-corrected chi connectivity index (χ4v) is 5.43. The van der Waals surface area contributed by atoms with Gasteiger partial charge in [0.25, 0.3) is 0 Å². The Morgan fingerprint density at radius 1 is 0.944 bits per heavy atom. The zero-order chi connectivity index (χ0) is 25.4. The number of halogens is 4. The number of rotatable bonds is 5. The third-order valence-electron chi connectivity index (χ3n) is 7.20. The number of hydrogen-bond donors (Lipinski definition) is 0. The fourth-order valence-electron chi connectivity index (χ4n) is 5.43. The van der Waals surface area contributed by atoms with E-state index in [4.69, 9.17) is 14.2 Å². The van der Waals surface area contributed by atoms with Crippen LogP contribution in [0.2, 0.25) is 0 Å². The van der Waals surface area contributed by atoms with Gasteiger partial charge in [-0.2, -0.15) is 13.2 Å². The lowest BCUT2D eigenvalue weighted by molar-refractivity contribution is -0.240. The minimum atomic E-state index is -4.55. The molecule has 2 aliphatic heterocycles. The molecule has 0 aromatic heterocycles. The summed E-state index contributed by atoms with van der Waals surface area (Å²) in [5.74, 6) is -0.342. The zero-order valence-corrected chi connectivity index (χ0v) is 19.8. The molecular formula is C28H27F4NO3. The molecule has 3 atom stereocenters. The van der Waals surface area contributed by atoms with Crippen molar-refractivity contribution in [1.82, 2.24) is 4.90 Å². The van der Waals surface area contributed by atoms with E-state index in [-0.39, 0.29) is 43.7 Å². The van der Waals surface area contributed by atoms with E-state index in [0.717, 1.165) is 17.2 Å². The predicted molar refractivity (Wildman–Crippen MR) is 125 cm³/mol. The van der Waals surface area contributed by atoms with Gasteiger partial charge in [0.15, 0.2) is 0 Å². The molecule has 0 amide bonds. The van der Waals surface area contributed by atoms with Gasteiger partial charge in [0.1, 0.15) is 17.1 Å². The van der Waals surface area contributed by atoms with E-state index in [1.54, 1.807) is 18.2 Å². The zero-order valence-electron chi connectivity index (χ0n) is 19.8. The molecule has 0 saturated carbocycles. The Kier molecular flexibility index (Phi) is 6.63. The van der Waals surface area contributed by atoms with Gasteiger partial charge in [0, 0.05) is 20.1 Å². The first-order chi connectivity index (χ1) is 17.3. The van der Waals surface area contributed by atoms with Crippen molar-refractivity contribution in [2.24, 2.45) is 0 Å². The first-order valence-electron chi connectivity index (χ1n) is 11.8. The number of nitrogens with zero attached hydrogens (tertiary/aromatic N) is 1. The van der Waals surface area contributed by atoms with E-state index in [1.807, 2.05) is 30.3 Å². The van der Waals surface area contributed by atoms with Crippen LogP contribution in [0.5, 0.6) is 0 Å². The maximum absolute atomic E-state index is 14.0. The third kappa shape index (κ3) is 4.54. The van der Waals surface area contributed by atoms with Crippen LogP contribution in [0, 0.1) is 5.82 Å². The fraction of sp³-hybridized carbons (Fsp3) is 0.357. The van der Waals surface area contributed by atoms with Gasteiger partial charge < -0.3 is 14.2 Å². The van der Waals surface area contributed by atoms with Gasteiger partial charge in [-0.3, -0.25) is 4.90 Å². The van der Waals surface area contributed by atoms with Crippen molar-refractivity contribution in [2.45, 2.75) is 36.5 Å². The second-order valence-corrected chi connectivity index (χ2v) is 9.35. The van der Waals surface area contributed by atoms with E-state index in [0.29, 0.717) is 6.54 Å². The Hall–Kier alpha value is -2.78. The minimum absolute atomic E-state index is 0.0209. The number of hydrogen-bond acceptors (Lipinski definition) is 4. The lowest BCUT2D eigenvalue weighted by atomic mass is 9.81. The quantitative estimate of drug-likeness (QED) is 0.397. The SMILES string of the molecule is CO[C@]1(c2ccccc2C(F)(F)F)COCC2(C1)OC[C@H](c1ccc(F)cc1)N2Cc1ccccc1. The van der Waals surface area contributed by atoms with Gasteiger partial charge in [0.05, 0.1) is 31.4 Å². The lowest BCUT2D eigenvalue weighted by Gasteiger charge is -2.49. The monoisotopic (exact) mass is 501 g/mol. The molecule has 1 spiro atoms. The van der Waals surface area contributed by atoms with E-state index < -0.39 is 23.1 Å². The number of ether oxygens (including phenoxy) is 3. The molecule has 0 aliphatic carbocycles. The average molecular weight is 502 g/mol. The molecule has 2 saturated heterocycles. The molecule has 1 unspecified atom stereocenters. The molecule has 8 heteroatoms. The number of alkyl halides is 3. The molecule has 4 nitrogen and oxygen atoms in total. The van der Waals surface area contributed by atoms with Crippen LogP contribution in [0.1, 0.15) is 34.7 Å². The molecule has 2 aliphatic rings. The molecule has 2 heterocycles. The standard InChI is InChI=1S/C28H27F4NO3/c1-34-26(23-9-5-6-10-24(23)28(30,31)32)17-27(19-35-18-26)33(15-20-7-3-2-4-8-20)25(16-36-27)21-11-13-22(29)14-12-21/h2-14,25H,15-19H2,1H3/t25-,26+,27?/m1/s1. The summed E-state index contributed by atoms with van der Waals surface area (Å²) in [4.78, 5) is 2.11. The second-order valence-electron chi connectivity index (χ2n) is 9.35. The third-order valence-corrected chi connectivity index (χ3v) is 7.20. The topological polar surface area (TPSA) is 30.9 Å². The Labute approximate surface area is 207 Å². The van der Waals surface area contributed by atoms with Crippen molar-refractivity contribution in [1.29, 1.82) is 0 Å². The molecule has 190 valence electrons. The van der Waals surface area contributed by atoms with Gasteiger partial charge in [-0.1, -0.05) is 60.7 Å². The van der Waals surface area contributed by atoms with E-state index in [1.165, 1.54) is 31.4 Å². The summed E-state index contributed by atoms with van der Waals surface area (Å²) in [5.41, 5.74) is -1.30. The summed E-state index contributed by atoms with van der Waals surface area (Å²) < 4.78 is 73.9. The van der Waals surface area contributed by atoms with Crippen LogP contribution in [0.3, 0.4) is 0 Å². The molecule has 2 fully saturated rings. The maximum atomic E-state index is 14.0. The lowest BCUT2D eigenvalue weighted by Crippen LogP contribution is -2.59. The molecule has 0 bridgehead atoms. The van der Waals surface area contributed by atoms with Crippen LogP contribution < -0.4 is 0 Å². The van der Waals surface area contributed by atoms with Crippen molar-refractivity contribution >= 4 is 0 Å². The summed E-state index contributed by atoms with van der Waals surface area (Å²) in [6.07, 6.45) is -4.42. The van der Waals surface area contributed by atoms with Crippen LogP contribution in [0.15, 0.2) is 78.9 Å².